The molecule has 2 aromatic rings. The zero-order valence-corrected chi connectivity index (χ0v) is 18.6. The number of nitrogens with one attached hydrogen (secondary N) is 2. The lowest BCUT2D eigenvalue weighted by atomic mass is 10.0. The average Bonchev–Trinajstić information content (AvgIpc) is 2.66. The highest BCUT2D eigenvalue weighted by atomic mass is 35.5. The molecule has 2 aromatic carbocycles. The average molecular weight is 472 g/mol. The predicted molar refractivity (Wildman–Crippen MR) is 117 cm³/mol. The first-order valence-corrected chi connectivity index (χ1v) is 10.2. The van der Waals surface area contributed by atoms with Crippen molar-refractivity contribution >= 4 is 52.6 Å². The molecule has 9 heteroatoms. The molecule has 0 aliphatic carbocycles. The summed E-state index contributed by atoms with van der Waals surface area (Å²) in [5, 5.41) is 6.85. The molecular weight excluding hydrogens is 451 g/mol. The Labute approximate surface area is 189 Å². The van der Waals surface area contributed by atoms with E-state index in [9.17, 15) is 14.4 Å². The molecule has 2 rings (SSSR count). The van der Waals surface area contributed by atoms with E-state index in [1.54, 1.807) is 49.4 Å². The molecule has 2 N–H and O–H groups in total. The fourth-order valence-electron chi connectivity index (χ4n) is 2.78. The molecule has 2 amide bonds. The van der Waals surface area contributed by atoms with E-state index in [1.165, 1.54) is 6.92 Å². The maximum atomic E-state index is 12.2. The van der Waals surface area contributed by atoms with Gasteiger partial charge in [0.2, 0.25) is 5.91 Å². The first kappa shape index (κ1) is 24.0. The van der Waals surface area contributed by atoms with Gasteiger partial charge in [0.1, 0.15) is 0 Å². The summed E-state index contributed by atoms with van der Waals surface area (Å²) in [4.78, 5) is 35.8. The van der Waals surface area contributed by atoms with Gasteiger partial charge in [0.05, 0.1) is 18.5 Å². The van der Waals surface area contributed by atoms with E-state index in [0.717, 1.165) is 0 Å². The Morgan fingerprint density at radius 3 is 2.20 bits per heavy atom. The van der Waals surface area contributed by atoms with Gasteiger partial charge in [-0.15, -0.1) is 0 Å². The number of benzene rings is 2. The van der Waals surface area contributed by atoms with Crippen LogP contribution in [0.25, 0.3) is 0 Å². The molecule has 0 fully saturated rings. The zero-order valence-electron chi connectivity index (χ0n) is 16.4. The number of carbonyl (C=O) groups excluding carboxylic acids is 3. The molecule has 6 nitrogen and oxygen atoms in total. The Morgan fingerprint density at radius 1 is 0.967 bits per heavy atom. The lowest BCUT2D eigenvalue weighted by Gasteiger charge is -2.18. The maximum absolute atomic E-state index is 12.2. The molecule has 0 bridgehead atoms. The Kier molecular flexibility index (Phi) is 8.96. The smallest absolute Gasteiger partial charge is 0.308 e. The van der Waals surface area contributed by atoms with Gasteiger partial charge in [-0.2, -0.15) is 0 Å². The summed E-state index contributed by atoms with van der Waals surface area (Å²) in [6.45, 7) is 2.65. The molecular formula is C21H21Cl3N2O4. The van der Waals surface area contributed by atoms with Gasteiger partial charge < -0.3 is 15.4 Å². The summed E-state index contributed by atoms with van der Waals surface area (Å²) >= 11 is 17.9. The number of ether oxygens (including phenoxy) is 1. The highest BCUT2D eigenvalue weighted by Crippen LogP contribution is 2.26. The van der Waals surface area contributed by atoms with E-state index in [2.05, 4.69) is 10.6 Å². The summed E-state index contributed by atoms with van der Waals surface area (Å²) < 4.78 is 5.06. The molecule has 0 heterocycles. The van der Waals surface area contributed by atoms with Crippen LogP contribution in [-0.4, -0.2) is 24.4 Å². The first-order chi connectivity index (χ1) is 14.2. The Morgan fingerprint density at radius 2 is 1.60 bits per heavy atom. The van der Waals surface area contributed by atoms with Crippen molar-refractivity contribution in [3.05, 3.63) is 68.7 Å². The standard InChI is InChI=1S/C21H21Cl3N2O4/c1-12(17-8-7-16(23)9-18(17)24)25-20(28)11-30-21(29)10-19(26-13(2)27)14-3-5-15(22)6-4-14/h3-9,12,19H,10-11H2,1-2H3,(H,25,28)(H,26,27). The monoisotopic (exact) mass is 470 g/mol. The summed E-state index contributed by atoms with van der Waals surface area (Å²) in [5.74, 6) is -1.41. The molecule has 30 heavy (non-hydrogen) atoms. The number of hydrogen-bond acceptors (Lipinski definition) is 4. The molecule has 160 valence electrons. The third-order valence-electron chi connectivity index (χ3n) is 4.19. The summed E-state index contributed by atoms with van der Waals surface area (Å²) in [6, 6.07) is 10.7. The van der Waals surface area contributed by atoms with Crippen molar-refractivity contribution in [2.24, 2.45) is 0 Å². The van der Waals surface area contributed by atoms with Crippen molar-refractivity contribution in [3.63, 3.8) is 0 Å². The lowest BCUT2D eigenvalue weighted by Crippen LogP contribution is -2.32. The van der Waals surface area contributed by atoms with E-state index in [0.29, 0.717) is 26.2 Å². The van der Waals surface area contributed by atoms with Crippen LogP contribution in [0, 0.1) is 0 Å². The Hall–Kier alpha value is -2.28. The Balaban J connectivity index is 1.90. The fraction of sp³-hybridized carbons (Fsp3) is 0.286. The van der Waals surface area contributed by atoms with Crippen LogP contribution in [0.4, 0.5) is 0 Å². The highest BCUT2D eigenvalue weighted by Gasteiger charge is 2.20. The van der Waals surface area contributed by atoms with Crippen LogP contribution in [-0.2, 0) is 19.1 Å². The second-order valence-electron chi connectivity index (χ2n) is 6.62. The largest absolute Gasteiger partial charge is 0.456 e. The fourth-order valence-corrected chi connectivity index (χ4v) is 3.48. The topological polar surface area (TPSA) is 84.5 Å². The SMILES string of the molecule is CC(=O)NC(CC(=O)OCC(=O)NC(C)c1ccc(Cl)cc1Cl)c1ccc(Cl)cc1. The van der Waals surface area contributed by atoms with E-state index < -0.39 is 30.6 Å². The number of esters is 1. The minimum absolute atomic E-state index is 0.132. The molecule has 0 aliphatic rings. The van der Waals surface area contributed by atoms with Gasteiger partial charge in [-0.25, -0.2) is 0 Å². The molecule has 0 radical (unpaired) electrons. The van der Waals surface area contributed by atoms with Crippen molar-refractivity contribution in [1.82, 2.24) is 10.6 Å². The number of amides is 2. The van der Waals surface area contributed by atoms with E-state index in [-0.39, 0.29) is 12.3 Å². The molecule has 0 aromatic heterocycles. The maximum Gasteiger partial charge on any atom is 0.308 e. The van der Waals surface area contributed by atoms with Crippen molar-refractivity contribution in [2.75, 3.05) is 6.61 Å². The Bertz CT molecular complexity index is 919. The van der Waals surface area contributed by atoms with Gasteiger partial charge in [-0.05, 0) is 42.3 Å². The molecule has 0 saturated heterocycles. The first-order valence-electron chi connectivity index (χ1n) is 9.08. The minimum Gasteiger partial charge on any atom is -0.456 e. The molecule has 0 saturated carbocycles. The van der Waals surface area contributed by atoms with Crippen LogP contribution in [0.15, 0.2) is 42.5 Å². The van der Waals surface area contributed by atoms with Crippen molar-refractivity contribution < 1.29 is 19.1 Å². The van der Waals surface area contributed by atoms with E-state index in [4.69, 9.17) is 39.5 Å². The third-order valence-corrected chi connectivity index (χ3v) is 5.01. The second kappa shape index (κ2) is 11.2. The number of hydrogen-bond donors (Lipinski definition) is 2. The van der Waals surface area contributed by atoms with Crippen LogP contribution in [0.1, 0.15) is 43.5 Å². The second-order valence-corrected chi connectivity index (χ2v) is 7.90. The molecule has 0 spiro atoms. The van der Waals surface area contributed by atoms with Crippen LogP contribution in [0.5, 0.6) is 0 Å². The van der Waals surface area contributed by atoms with Crippen LogP contribution in [0.3, 0.4) is 0 Å². The third kappa shape index (κ3) is 7.52. The molecule has 0 aliphatic heterocycles. The molecule has 2 unspecified atom stereocenters. The van der Waals surface area contributed by atoms with Gasteiger partial charge in [-0.1, -0.05) is 53.0 Å². The van der Waals surface area contributed by atoms with Crippen LogP contribution >= 0.6 is 34.8 Å². The van der Waals surface area contributed by atoms with E-state index in [1.807, 2.05) is 0 Å². The number of rotatable bonds is 8. The number of halogens is 3. The predicted octanol–water partition coefficient (Wildman–Crippen LogP) is 4.63. The summed E-state index contributed by atoms with van der Waals surface area (Å²) in [6.07, 6.45) is -0.132. The summed E-state index contributed by atoms with van der Waals surface area (Å²) in [5.41, 5.74) is 1.39. The zero-order chi connectivity index (χ0) is 22.3. The van der Waals surface area contributed by atoms with Crippen molar-refractivity contribution in [1.29, 1.82) is 0 Å². The van der Waals surface area contributed by atoms with Gasteiger partial charge in [0.15, 0.2) is 6.61 Å². The molecule has 2 atom stereocenters. The number of carbonyl (C=O) groups is 3. The lowest BCUT2D eigenvalue weighted by molar-refractivity contribution is -0.149. The minimum atomic E-state index is -0.629. The normalized spacial score (nSPS) is 12.6. The van der Waals surface area contributed by atoms with Gasteiger partial charge in [0.25, 0.3) is 5.91 Å². The van der Waals surface area contributed by atoms with Gasteiger partial charge >= 0.3 is 5.97 Å². The van der Waals surface area contributed by atoms with Gasteiger partial charge in [0, 0.05) is 22.0 Å². The quantitative estimate of drug-likeness (QED) is 0.550. The summed E-state index contributed by atoms with van der Waals surface area (Å²) in [7, 11) is 0. The van der Waals surface area contributed by atoms with Crippen molar-refractivity contribution in [3.8, 4) is 0 Å². The highest BCUT2D eigenvalue weighted by molar-refractivity contribution is 6.35. The van der Waals surface area contributed by atoms with Gasteiger partial charge in [-0.3, -0.25) is 14.4 Å². The van der Waals surface area contributed by atoms with E-state index >= 15 is 0 Å². The van der Waals surface area contributed by atoms with Crippen molar-refractivity contribution in [2.45, 2.75) is 32.4 Å². The van der Waals surface area contributed by atoms with Crippen LogP contribution < -0.4 is 10.6 Å². The van der Waals surface area contributed by atoms with Crippen LogP contribution in [0.2, 0.25) is 15.1 Å².